The van der Waals surface area contributed by atoms with Crippen molar-refractivity contribution in [2.45, 2.75) is 70.2 Å². The number of hydrogen-bond donors (Lipinski definition) is 4. The monoisotopic (exact) mass is 234 g/mol. The van der Waals surface area contributed by atoms with Crippen molar-refractivity contribution in [3.8, 4) is 0 Å². The first-order valence-electron chi connectivity index (χ1n) is 6.25. The molecular weight excluding hydrogens is 208 g/mol. The van der Waals surface area contributed by atoms with Crippen molar-refractivity contribution in [1.29, 1.82) is 0 Å². The third-order valence-electron chi connectivity index (χ3n) is 2.77. The predicted octanol–water partition coefficient (Wildman–Crippen LogP) is 0.812. The first kappa shape index (κ1) is 15.8. The van der Waals surface area contributed by atoms with Crippen LogP contribution < -0.4 is 0 Å². The minimum atomic E-state index is -0.736. The largest absolute Gasteiger partial charge is 0.394 e. The maximum Gasteiger partial charge on any atom is 0.0771 e. The van der Waals surface area contributed by atoms with Crippen molar-refractivity contribution in [2.24, 2.45) is 0 Å². The Morgan fingerprint density at radius 2 is 1.19 bits per heavy atom. The molecule has 4 N–H and O–H groups in total. The summed E-state index contributed by atoms with van der Waals surface area (Å²) in [6.07, 6.45) is 3.38. The van der Waals surface area contributed by atoms with E-state index >= 15 is 0 Å². The summed E-state index contributed by atoms with van der Waals surface area (Å²) in [4.78, 5) is 0. The Morgan fingerprint density at radius 1 is 0.750 bits per heavy atom. The molecule has 16 heavy (non-hydrogen) atoms. The van der Waals surface area contributed by atoms with Gasteiger partial charge in [0.25, 0.3) is 0 Å². The lowest BCUT2D eigenvalue weighted by Crippen LogP contribution is -2.18. The van der Waals surface area contributed by atoms with Gasteiger partial charge in [-0.25, -0.2) is 0 Å². The molecule has 0 aliphatic rings. The van der Waals surface area contributed by atoms with Gasteiger partial charge < -0.3 is 20.4 Å². The summed E-state index contributed by atoms with van der Waals surface area (Å²) in [5.41, 5.74) is 0. The van der Waals surface area contributed by atoms with Crippen molar-refractivity contribution in [3.05, 3.63) is 0 Å². The van der Waals surface area contributed by atoms with Crippen LogP contribution in [0, 0.1) is 0 Å². The van der Waals surface area contributed by atoms with E-state index in [4.69, 9.17) is 10.2 Å². The normalized spacial score (nSPS) is 17.1. The van der Waals surface area contributed by atoms with E-state index < -0.39 is 12.2 Å². The minimum absolute atomic E-state index is 0.258. The zero-order valence-electron chi connectivity index (χ0n) is 10.2. The van der Waals surface area contributed by atoms with Crippen LogP contribution in [0.5, 0.6) is 0 Å². The maximum atomic E-state index is 9.56. The first-order chi connectivity index (χ1) is 7.60. The lowest BCUT2D eigenvalue weighted by Gasteiger charge is -2.15. The summed E-state index contributed by atoms with van der Waals surface area (Å²) in [6, 6.07) is 0. The smallest absolute Gasteiger partial charge is 0.0771 e. The Bertz CT molecular complexity index is 152. The molecule has 0 aromatic rings. The van der Waals surface area contributed by atoms with Crippen LogP contribution in [0.1, 0.15) is 51.9 Å². The highest BCUT2D eigenvalue weighted by atomic mass is 16.3. The zero-order valence-corrected chi connectivity index (χ0v) is 10.2. The third kappa shape index (κ3) is 9.09. The van der Waals surface area contributed by atoms with Crippen LogP contribution in [0.4, 0.5) is 0 Å². The molecule has 0 aliphatic heterocycles. The molecule has 0 saturated carbocycles. The van der Waals surface area contributed by atoms with Gasteiger partial charge in [0.05, 0.1) is 24.9 Å². The second-order valence-electron chi connectivity index (χ2n) is 4.44. The standard InChI is InChI=1S/C12H26O4/c1-2-3-4-10(14)5-6-11(15)7-8-12(16)9-13/h10-16H,2-9H2,1H3. The molecule has 0 radical (unpaired) electrons. The van der Waals surface area contributed by atoms with Crippen molar-refractivity contribution in [1.82, 2.24) is 0 Å². The molecule has 0 aromatic carbocycles. The Kier molecular flexibility index (Phi) is 9.92. The molecule has 4 heteroatoms. The zero-order chi connectivity index (χ0) is 12.4. The molecule has 0 rings (SSSR count). The fourth-order valence-electron chi connectivity index (χ4n) is 1.59. The Labute approximate surface area is 97.9 Å². The van der Waals surface area contributed by atoms with Crippen LogP contribution in [-0.4, -0.2) is 45.3 Å². The molecule has 0 heterocycles. The summed E-state index contributed by atoms with van der Waals surface area (Å²) in [5.74, 6) is 0. The van der Waals surface area contributed by atoms with Gasteiger partial charge in [-0.2, -0.15) is 0 Å². The molecule has 0 bridgehead atoms. The van der Waals surface area contributed by atoms with E-state index in [0.29, 0.717) is 25.7 Å². The van der Waals surface area contributed by atoms with Crippen molar-refractivity contribution < 1.29 is 20.4 Å². The summed E-state index contributed by atoms with van der Waals surface area (Å²) in [5, 5.41) is 36.8. The van der Waals surface area contributed by atoms with Crippen molar-refractivity contribution in [3.63, 3.8) is 0 Å². The lowest BCUT2D eigenvalue weighted by atomic mass is 10.0. The summed E-state index contributed by atoms with van der Waals surface area (Å²) in [7, 11) is 0. The van der Waals surface area contributed by atoms with Crippen LogP contribution >= 0.6 is 0 Å². The first-order valence-corrected chi connectivity index (χ1v) is 6.25. The molecule has 0 amide bonds. The highest BCUT2D eigenvalue weighted by molar-refractivity contribution is 4.64. The Hall–Kier alpha value is -0.160. The van der Waals surface area contributed by atoms with E-state index in [9.17, 15) is 10.2 Å². The van der Waals surface area contributed by atoms with Gasteiger partial charge in [-0.15, -0.1) is 0 Å². The number of unbranched alkanes of at least 4 members (excludes halogenated alkanes) is 1. The number of rotatable bonds is 10. The van der Waals surface area contributed by atoms with Crippen LogP contribution in [0.2, 0.25) is 0 Å². The Morgan fingerprint density at radius 3 is 1.62 bits per heavy atom. The third-order valence-corrected chi connectivity index (χ3v) is 2.77. The van der Waals surface area contributed by atoms with Gasteiger partial charge in [0.15, 0.2) is 0 Å². The minimum Gasteiger partial charge on any atom is -0.394 e. The fourth-order valence-corrected chi connectivity index (χ4v) is 1.59. The highest BCUT2D eigenvalue weighted by Crippen LogP contribution is 2.12. The van der Waals surface area contributed by atoms with Gasteiger partial charge >= 0.3 is 0 Å². The predicted molar refractivity (Wildman–Crippen MR) is 63.1 cm³/mol. The van der Waals surface area contributed by atoms with Gasteiger partial charge in [-0.3, -0.25) is 0 Å². The molecular formula is C12H26O4. The fraction of sp³-hybridized carbons (Fsp3) is 1.00. The van der Waals surface area contributed by atoms with E-state index in [0.717, 1.165) is 19.3 Å². The lowest BCUT2D eigenvalue weighted by molar-refractivity contribution is 0.0597. The molecule has 0 spiro atoms. The maximum absolute atomic E-state index is 9.56. The number of hydrogen-bond acceptors (Lipinski definition) is 4. The SMILES string of the molecule is CCCCC(O)CCC(O)CCC(O)CO. The number of aliphatic hydroxyl groups excluding tert-OH is 4. The van der Waals surface area contributed by atoms with Crippen molar-refractivity contribution in [2.75, 3.05) is 6.61 Å². The van der Waals surface area contributed by atoms with Crippen LogP contribution in [-0.2, 0) is 0 Å². The highest BCUT2D eigenvalue weighted by Gasteiger charge is 2.11. The molecule has 98 valence electrons. The van der Waals surface area contributed by atoms with Gasteiger partial charge in [-0.1, -0.05) is 19.8 Å². The average molecular weight is 234 g/mol. The quantitative estimate of drug-likeness (QED) is 0.451. The van der Waals surface area contributed by atoms with Gasteiger partial charge in [0, 0.05) is 0 Å². The van der Waals surface area contributed by atoms with E-state index in [1.807, 2.05) is 0 Å². The summed E-state index contributed by atoms with van der Waals surface area (Å²) >= 11 is 0. The summed E-state index contributed by atoms with van der Waals surface area (Å²) in [6.45, 7) is 1.82. The molecule has 3 unspecified atom stereocenters. The molecule has 0 saturated heterocycles. The van der Waals surface area contributed by atoms with Gasteiger partial charge in [-0.05, 0) is 32.1 Å². The second-order valence-corrected chi connectivity index (χ2v) is 4.44. The van der Waals surface area contributed by atoms with Crippen LogP contribution in [0.3, 0.4) is 0 Å². The number of aliphatic hydroxyl groups is 4. The molecule has 0 fully saturated rings. The topological polar surface area (TPSA) is 80.9 Å². The molecule has 0 aromatic heterocycles. The van der Waals surface area contributed by atoms with Gasteiger partial charge in [0.2, 0.25) is 0 Å². The van der Waals surface area contributed by atoms with Crippen LogP contribution in [0.15, 0.2) is 0 Å². The molecule has 0 aliphatic carbocycles. The average Bonchev–Trinajstić information content (AvgIpc) is 2.30. The van der Waals surface area contributed by atoms with Crippen LogP contribution in [0.25, 0.3) is 0 Å². The van der Waals surface area contributed by atoms with E-state index in [2.05, 4.69) is 6.92 Å². The second kappa shape index (κ2) is 10.0. The Balaban J connectivity index is 3.45. The summed E-state index contributed by atoms with van der Waals surface area (Å²) < 4.78 is 0. The van der Waals surface area contributed by atoms with E-state index in [1.54, 1.807) is 0 Å². The molecule has 3 atom stereocenters. The van der Waals surface area contributed by atoms with E-state index in [1.165, 1.54) is 0 Å². The van der Waals surface area contributed by atoms with E-state index in [-0.39, 0.29) is 12.7 Å². The molecule has 4 nitrogen and oxygen atoms in total. The van der Waals surface area contributed by atoms with Gasteiger partial charge in [0.1, 0.15) is 0 Å². The van der Waals surface area contributed by atoms with Crippen molar-refractivity contribution >= 4 is 0 Å².